The van der Waals surface area contributed by atoms with E-state index >= 15 is 4.39 Å². The van der Waals surface area contributed by atoms with E-state index in [-0.39, 0.29) is 90.6 Å². The van der Waals surface area contributed by atoms with E-state index in [9.17, 15) is 14.7 Å². The number of fused-ring (bicyclic) bond motifs is 1. The number of ketones is 1. The maximum absolute atomic E-state index is 15.4. The van der Waals surface area contributed by atoms with Crippen LogP contribution in [0.4, 0.5) is 4.39 Å². The van der Waals surface area contributed by atoms with Crippen LogP contribution in [-0.2, 0) is 23.3 Å². The van der Waals surface area contributed by atoms with Gasteiger partial charge in [0.2, 0.25) is 0 Å². The number of amidine groups is 1. The number of nitrogens with zero attached hydrogens (tertiary/aromatic N) is 1. The number of phenolic OH excluding ortho intramolecular Hbond substituents is 1. The van der Waals surface area contributed by atoms with E-state index in [0.29, 0.717) is 28.9 Å². The Kier molecular flexibility index (Phi) is 10.9. The molecule has 11 heteroatoms. The van der Waals surface area contributed by atoms with Crippen LogP contribution in [0.3, 0.4) is 0 Å². The minimum absolute atomic E-state index is 0. The first-order valence-corrected chi connectivity index (χ1v) is 12.7. The Balaban J connectivity index is 0.00000533. The van der Waals surface area contributed by atoms with Gasteiger partial charge < -0.3 is 29.9 Å². The zero-order valence-corrected chi connectivity index (χ0v) is 24.7. The lowest BCUT2D eigenvalue weighted by molar-refractivity contribution is -0.136. The van der Waals surface area contributed by atoms with Gasteiger partial charge in [0, 0.05) is 36.3 Å². The third-order valence-corrected chi connectivity index (χ3v) is 6.26. The summed E-state index contributed by atoms with van der Waals surface area (Å²) in [6, 6.07) is 4.88. The molecular weight excluding hydrogens is 573 g/mol. The molecule has 0 amide bonds. The van der Waals surface area contributed by atoms with Crippen molar-refractivity contribution >= 4 is 34.6 Å². The molecular formula is C28H37BrFN3O6. The molecule has 9 nitrogen and oxygen atoms in total. The monoisotopic (exact) mass is 609 g/mol. The van der Waals surface area contributed by atoms with E-state index in [2.05, 4.69) is 5.32 Å². The molecule has 1 aliphatic heterocycles. The van der Waals surface area contributed by atoms with Gasteiger partial charge in [0.25, 0.3) is 0 Å². The number of carboxylic acid groups (broad SMARTS) is 1. The van der Waals surface area contributed by atoms with Gasteiger partial charge in [0.15, 0.2) is 23.1 Å². The van der Waals surface area contributed by atoms with Gasteiger partial charge >= 0.3 is 5.97 Å². The number of aliphatic carboxylic acids is 1. The molecule has 214 valence electrons. The maximum atomic E-state index is 15.4. The van der Waals surface area contributed by atoms with Crippen molar-refractivity contribution in [2.45, 2.75) is 59.5 Å². The number of aromatic hydroxyl groups is 1. The second kappa shape index (κ2) is 13.3. The zero-order valence-electron chi connectivity index (χ0n) is 22.9. The van der Waals surface area contributed by atoms with Crippen LogP contribution in [0.5, 0.6) is 17.2 Å². The minimum atomic E-state index is -0.937. The van der Waals surface area contributed by atoms with E-state index in [4.69, 9.17) is 20.0 Å². The van der Waals surface area contributed by atoms with Crippen LogP contribution in [0.1, 0.15) is 73.7 Å². The van der Waals surface area contributed by atoms with Crippen molar-refractivity contribution in [1.29, 1.82) is 5.41 Å². The van der Waals surface area contributed by atoms with Crippen LogP contribution in [0.25, 0.3) is 0 Å². The SMILES string of the molecule is Br.CCOc1cc2c(c(F)c1OCC)C(=N)N(CC(=O)c1cc(CNCCC(=O)O)c(O)c(C(C)(C)C)c1)C2. The summed E-state index contributed by atoms with van der Waals surface area (Å²) in [6.45, 7) is 10.2. The van der Waals surface area contributed by atoms with Gasteiger partial charge in [-0.05, 0) is 43.0 Å². The van der Waals surface area contributed by atoms with Gasteiger partial charge in [-0.3, -0.25) is 15.0 Å². The van der Waals surface area contributed by atoms with Crippen LogP contribution in [0, 0.1) is 11.2 Å². The van der Waals surface area contributed by atoms with Crippen molar-refractivity contribution in [2.24, 2.45) is 0 Å². The quantitative estimate of drug-likeness (QED) is 0.199. The molecule has 0 fully saturated rings. The summed E-state index contributed by atoms with van der Waals surface area (Å²) in [5, 5.41) is 31.3. The number of phenols is 1. The van der Waals surface area contributed by atoms with Crippen molar-refractivity contribution in [3.8, 4) is 17.2 Å². The molecule has 2 aromatic carbocycles. The van der Waals surface area contributed by atoms with Crippen LogP contribution in [0.15, 0.2) is 18.2 Å². The minimum Gasteiger partial charge on any atom is -0.507 e. The van der Waals surface area contributed by atoms with E-state index in [0.717, 1.165) is 0 Å². The van der Waals surface area contributed by atoms with Crippen molar-refractivity contribution in [3.63, 3.8) is 0 Å². The molecule has 1 heterocycles. The molecule has 39 heavy (non-hydrogen) atoms. The average Bonchev–Trinajstić information content (AvgIpc) is 3.14. The first-order chi connectivity index (χ1) is 17.9. The van der Waals surface area contributed by atoms with Gasteiger partial charge in [0.1, 0.15) is 11.6 Å². The lowest BCUT2D eigenvalue weighted by atomic mass is 9.83. The molecule has 0 aromatic heterocycles. The second-order valence-electron chi connectivity index (χ2n) is 10.1. The summed E-state index contributed by atoms with van der Waals surface area (Å²) < 4.78 is 26.4. The number of benzene rings is 2. The maximum Gasteiger partial charge on any atom is 0.304 e. The van der Waals surface area contributed by atoms with E-state index < -0.39 is 17.2 Å². The number of ether oxygens (including phenoxy) is 2. The zero-order chi connectivity index (χ0) is 28.2. The summed E-state index contributed by atoms with van der Waals surface area (Å²) in [6.07, 6.45) is -0.0737. The third-order valence-electron chi connectivity index (χ3n) is 6.26. The van der Waals surface area contributed by atoms with Crippen molar-refractivity contribution in [1.82, 2.24) is 10.2 Å². The number of carbonyl (C=O) groups is 2. The molecule has 0 unspecified atom stereocenters. The Bertz CT molecular complexity index is 1250. The number of nitrogens with one attached hydrogen (secondary N) is 2. The fraction of sp³-hybridized carbons (Fsp3) is 0.464. The highest BCUT2D eigenvalue weighted by molar-refractivity contribution is 8.93. The molecule has 2 aromatic rings. The highest BCUT2D eigenvalue weighted by Crippen LogP contribution is 2.39. The highest BCUT2D eigenvalue weighted by atomic mass is 79.9. The molecule has 0 spiro atoms. The lowest BCUT2D eigenvalue weighted by Crippen LogP contribution is -2.31. The predicted octanol–water partition coefficient (Wildman–Crippen LogP) is 4.79. The summed E-state index contributed by atoms with van der Waals surface area (Å²) in [7, 11) is 0. The summed E-state index contributed by atoms with van der Waals surface area (Å²) in [5.41, 5.74) is 1.55. The Labute approximate surface area is 238 Å². The molecule has 1 aliphatic rings. The number of hydrogen-bond acceptors (Lipinski definition) is 7. The van der Waals surface area contributed by atoms with Crippen LogP contribution in [-0.4, -0.2) is 59.0 Å². The third kappa shape index (κ3) is 7.27. The average molecular weight is 611 g/mol. The molecule has 4 N–H and O–H groups in total. The summed E-state index contributed by atoms with van der Waals surface area (Å²) >= 11 is 0. The first-order valence-electron chi connectivity index (χ1n) is 12.7. The van der Waals surface area contributed by atoms with E-state index in [1.54, 1.807) is 32.0 Å². The predicted molar refractivity (Wildman–Crippen MR) is 151 cm³/mol. The van der Waals surface area contributed by atoms with Crippen LogP contribution < -0.4 is 14.8 Å². The van der Waals surface area contributed by atoms with Gasteiger partial charge in [-0.25, -0.2) is 4.39 Å². The lowest BCUT2D eigenvalue weighted by Gasteiger charge is -2.24. The Morgan fingerprint density at radius 3 is 2.41 bits per heavy atom. The first kappa shape index (κ1) is 32.0. The van der Waals surface area contributed by atoms with E-state index in [1.165, 1.54) is 4.90 Å². The van der Waals surface area contributed by atoms with E-state index in [1.807, 2.05) is 20.8 Å². The fourth-order valence-electron chi connectivity index (χ4n) is 4.40. The van der Waals surface area contributed by atoms with Crippen molar-refractivity contribution in [3.05, 3.63) is 51.8 Å². The molecule has 0 radical (unpaired) electrons. The van der Waals surface area contributed by atoms with Gasteiger partial charge in [-0.1, -0.05) is 20.8 Å². The number of carboxylic acids is 1. The summed E-state index contributed by atoms with van der Waals surface area (Å²) in [4.78, 5) is 25.7. The van der Waals surface area contributed by atoms with Gasteiger partial charge in [-0.15, -0.1) is 17.0 Å². The van der Waals surface area contributed by atoms with Gasteiger partial charge in [-0.2, -0.15) is 0 Å². The number of rotatable bonds is 12. The molecule has 0 aliphatic carbocycles. The second-order valence-corrected chi connectivity index (χ2v) is 10.1. The Morgan fingerprint density at radius 2 is 1.82 bits per heavy atom. The number of halogens is 2. The van der Waals surface area contributed by atoms with Crippen LogP contribution >= 0.6 is 17.0 Å². The number of Topliss-reactive ketones (excluding diaryl/α,β-unsaturated/α-hetero) is 1. The Hall–Kier alpha value is -3.18. The Morgan fingerprint density at radius 1 is 1.15 bits per heavy atom. The molecule has 3 rings (SSSR count). The van der Waals surface area contributed by atoms with Crippen molar-refractivity contribution in [2.75, 3.05) is 26.3 Å². The molecule has 0 saturated carbocycles. The standard InChI is InChI=1S/C28H36FN3O6.BrH/c1-6-37-21-12-18-14-32(27(30)23(18)24(29)26(21)38-7-2)15-20(33)16-10-17(13-31-9-8-22(34)35)25(36)19(11-16)28(3,4)5;/h10-12,30-31,36H,6-9,13-15H2,1-5H3,(H,34,35);1H. The molecule has 0 saturated heterocycles. The molecule has 0 atom stereocenters. The number of hydrogen-bond donors (Lipinski definition) is 4. The fourth-order valence-corrected chi connectivity index (χ4v) is 4.40. The molecule has 0 bridgehead atoms. The summed E-state index contributed by atoms with van der Waals surface area (Å²) in [5.74, 6) is -1.75. The van der Waals surface area contributed by atoms with Crippen molar-refractivity contribution < 1.29 is 33.7 Å². The highest BCUT2D eigenvalue weighted by Gasteiger charge is 2.33. The number of carbonyl (C=O) groups excluding carboxylic acids is 1. The van der Waals surface area contributed by atoms with Gasteiger partial charge in [0.05, 0.1) is 31.7 Å². The largest absolute Gasteiger partial charge is 0.507 e. The normalized spacial score (nSPS) is 12.7. The smallest absolute Gasteiger partial charge is 0.304 e. The van der Waals surface area contributed by atoms with Crippen LogP contribution in [0.2, 0.25) is 0 Å². The topological polar surface area (TPSA) is 132 Å².